The molecule has 2 heterocycles. The molecule has 0 unspecified atom stereocenters. The Bertz CT molecular complexity index is 261. The van der Waals surface area contributed by atoms with Gasteiger partial charge in [-0.05, 0) is 0 Å². The van der Waals surface area contributed by atoms with Crippen LogP contribution >= 0.6 is 0 Å². The minimum absolute atomic E-state index is 0.631. The van der Waals surface area contributed by atoms with Crippen molar-refractivity contribution >= 4 is 5.82 Å². The first-order valence-electron chi connectivity index (χ1n) is 3.41. The highest BCUT2D eigenvalue weighted by molar-refractivity contribution is 5.42. The standard InChI is InChI=1S/C6H9N5/c7-11-4-8-3-5-6(11)10-2-1-9-5/h1-2,8H,3-4,7H2. The summed E-state index contributed by atoms with van der Waals surface area (Å²) in [6.07, 6.45) is 3.31. The first-order chi connectivity index (χ1) is 5.38. The highest BCUT2D eigenvalue weighted by Crippen LogP contribution is 2.13. The lowest BCUT2D eigenvalue weighted by atomic mass is 10.3. The van der Waals surface area contributed by atoms with Crippen LogP contribution in [0.5, 0.6) is 0 Å². The van der Waals surface area contributed by atoms with Crippen molar-refractivity contribution in [3.63, 3.8) is 0 Å². The van der Waals surface area contributed by atoms with E-state index in [1.54, 1.807) is 17.4 Å². The fraction of sp³-hybridized carbons (Fsp3) is 0.333. The predicted molar refractivity (Wildman–Crippen MR) is 40.4 cm³/mol. The summed E-state index contributed by atoms with van der Waals surface area (Å²) in [6.45, 7) is 1.38. The van der Waals surface area contributed by atoms with Gasteiger partial charge in [0, 0.05) is 18.9 Å². The molecule has 0 spiro atoms. The Morgan fingerprint density at radius 3 is 3.09 bits per heavy atom. The fourth-order valence-corrected chi connectivity index (χ4v) is 1.09. The van der Waals surface area contributed by atoms with Crippen LogP contribution in [0.4, 0.5) is 5.82 Å². The van der Waals surface area contributed by atoms with E-state index in [0.29, 0.717) is 6.67 Å². The number of rotatable bonds is 0. The Morgan fingerprint density at radius 2 is 2.27 bits per heavy atom. The Morgan fingerprint density at radius 1 is 1.45 bits per heavy atom. The maximum absolute atomic E-state index is 5.61. The number of hydrazine groups is 1. The summed E-state index contributed by atoms with van der Waals surface area (Å²) in [6, 6.07) is 0. The second-order valence-corrected chi connectivity index (χ2v) is 2.38. The molecule has 0 aromatic carbocycles. The molecular formula is C6H9N5. The molecule has 0 aliphatic carbocycles. The normalized spacial score (nSPS) is 16.3. The maximum Gasteiger partial charge on any atom is 0.167 e. The van der Waals surface area contributed by atoms with Crippen LogP contribution in [-0.2, 0) is 6.54 Å². The quantitative estimate of drug-likeness (QED) is 0.476. The van der Waals surface area contributed by atoms with Gasteiger partial charge in [-0.1, -0.05) is 0 Å². The number of hydrogen-bond donors (Lipinski definition) is 2. The summed E-state index contributed by atoms with van der Waals surface area (Å²) in [5, 5.41) is 4.64. The molecule has 0 saturated heterocycles. The van der Waals surface area contributed by atoms with E-state index in [9.17, 15) is 0 Å². The molecular weight excluding hydrogens is 142 g/mol. The molecule has 0 atom stereocenters. The molecule has 0 radical (unpaired) electrons. The van der Waals surface area contributed by atoms with Crippen LogP contribution in [0, 0.1) is 0 Å². The zero-order valence-electron chi connectivity index (χ0n) is 5.99. The zero-order valence-corrected chi connectivity index (χ0v) is 5.99. The Labute approximate surface area is 64.2 Å². The van der Waals surface area contributed by atoms with Gasteiger partial charge in [-0.25, -0.2) is 10.8 Å². The van der Waals surface area contributed by atoms with Gasteiger partial charge < -0.3 is 0 Å². The van der Waals surface area contributed by atoms with E-state index >= 15 is 0 Å². The van der Waals surface area contributed by atoms with Crippen molar-refractivity contribution in [3.8, 4) is 0 Å². The Kier molecular flexibility index (Phi) is 1.45. The van der Waals surface area contributed by atoms with Crippen molar-refractivity contribution in [1.82, 2.24) is 15.3 Å². The van der Waals surface area contributed by atoms with Crippen LogP contribution in [0.2, 0.25) is 0 Å². The highest BCUT2D eigenvalue weighted by Gasteiger charge is 2.14. The lowest BCUT2D eigenvalue weighted by Crippen LogP contribution is -2.44. The number of fused-ring (bicyclic) bond motifs is 1. The third-order valence-electron chi connectivity index (χ3n) is 1.60. The molecule has 1 aromatic heterocycles. The number of nitrogens with two attached hydrogens (primary N) is 1. The van der Waals surface area contributed by atoms with Crippen LogP contribution in [0.1, 0.15) is 5.69 Å². The molecule has 1 aliphatic heterocycles. The van der Waals surface area contributed by atoms with Gasteiger partial charge in [0.05, 0.1) is 12.4 Å². The second-order valence-electron chi connectivity index (χ2n) is 2.38. The number of hydrogen-bond acceptors (Lipinski definition) is 5. The van der Waals surface area contributed by atoms with Crippen molar-refractivity contribution in [3.05, 3.63) is 18.1 Å². The fourth-order valence-electron chi connectivity index (χ4n) is 1.09. The van der Waals surface area contributed by atoms with E-state index in [1.165, 1.54) is 0 Å². The highest BCUT2D eigenvalue weighted by atomic mass is 15.5. The Balaban J connectivity index is 2.44. The minimum Gasteiger partial charge on any atom is -0.293 e. The monoisotopic (exact) mass is 151 g/mol. The van der Waals surface area contributed by atoms with E-state index in [1.807, 2.05) is 0 Å². The van der Waals surface area contributed by atoms with Gasteiger partial charge in [0.25, 0.3) is 0 Å². The zero-order chi connectivity index (χ0) is 7.68. The van der Waals surface area contributed by atoms with Crippen molar-refractivity contribution in [2.45, 2.75) is 6.54 Å². The van der Waals surface area contributed by atoms with Crippen LogP contribution in [0.15, 0.2) is 12.4 Å². The van der Waals surface area contributed by atoms with Crippen molar-refractivity contribution in [2.24, 2.45) is 5.84 Å². The predicted octanol–water partition coefficient (Wildman–Crippen LogP) is -0.783. The summed E-state index contributed by atoms with van der Waals surface area (Å²) in [5.41, 5.74) is 0.904. The van der Waals surface area contributed by atoms with E-state index in [2.05, 4.69) is 15.3 Å². The summed E-state index contributed by atoms with van der Waals surface area (Å²) in [5.74, 6) is 6.38. The van der Waals surface area contributed by atoms with E-state index in [4.69, 9.17) is 5.84 Å². The lowest BCUT2D eigenvalue weighted by Gasteiger charge is -2.24. The number of nitrogens with zero attached hydrogens (tertiary/aromatic N) is 3. The number of anilines is 1. The minimum atomic E-state index is 0.631. The van der Waals surface area contributed by atoms with Crippen LogP contribution in [-0.4, -0.2) is 16.6 Å². The molecule has 5 heteroatoms. The molecule has 0 amide bonds. The molecule has 0 bridgehead atoms. The van der Waals surface area contributed by atoms with E-state index in [0.717, 1.165) is 18.1 Å². The summed E-state index contributed by atoms with van der Waals surface area (Å²) in [7, 11) is 0. The number of nitrogens with one attached hydrogen (secondary N) is 1. The maximum atomic E-state index is 5.61. The van der Waals surface area contributed by atoms with Gasteiger partial charge in [-0.3, -0.25) is 15.3 Å². The largest absolute Gasteiger partial charge is 0.293 e. The van der Waals surface area contributed by atoms with Gasteiger partial charge in [-0.15, -0.1) is 0 Å². The molecule has 5 nitrogen and oxygen atoms in total. The van der Waals surface area contributed by atoms with Gasteiger partial charge in [0.2, 0.25) is 0 Å². The molecule has 0 fully saturated rings. The molecule has 11 heavy (non-hydrogen) atoms. The molecule has 2 rings (SSSR count). The van der Waals surface area contributed by atoms with Crippen LogP contribution < -0.4 is 16.2 Å². The van der Waals surface area contributed by atoms with E-state index < -0.39 is 0 Å². The average Bonchev–Trinajstić information content (AvgIpc) is 2.06. The molecule has 1 aliphatic rings. The van der Waals surface area contributed by atoms with Gasteiger partial charge in [-0.2, -0.15) is 0 Å². The molecule has 3 N–H and O–H groups in total. The first kappa shape index (κ1) is 6.51. The van der Waals surface area contributed by atoms with Gasteiger partial charge in [0.15, 0.2) is 5.82 Å². The lowest BCUT2D eigenvalue weighted by molar-refractivity contribution is 0.602. The molecule has 1 aromatic rings. The average molecular weight is 151 g/mol. The second kappa shape index (κ2) is 2.44. The molecule has 58 valence electrons. The smallest absolute Gasteiger partial charge is 0.167 e. The van der Waals surface area contributed by atoms with Gasteiger partial charge >= 0.3 is 0 Å². The number of aromatic nitrogens is 2. The third kappa shape index (κ3) is 1.04. The van der Waals surface area contributed by atoms with Crippen molar-refractivity contribution < 1.29 is 0 Å². The third-order valence-corrected chi connectivity index (χ3v) is 1.60. The SMILES string of the molecule is NN1CNCc2nccnc21. The topological polar surface area (TPSA) is 67.1 Å². The van der Waals surface area contributed by atoms with Crippen LogP contribution in [0.25, 0.3) is 0 Å². The summed E-state index contributed by atoms with van der Waals surface area (Å²) < 4.78 is 0. The molecule has 0 saturated carbocycles. The van der Waals surface area contributed by atoms with Gasteiger partial charge in [0.1, 0.15) is 0 Å². The Hall–Kier alpha value is -1.20. The van der Waals surface area contributed by atoms with E-state index in [-0.39, 0.29) is 0 Å². The van der Waals surface area contributed by atoms with Crippen molar-refractivity contribution in [2.75, 3.05) is 11.7 Å². The van der Waals surface area contributed by atoms with Crippen molar-refractivity contribution in [1.29, 1.82) is 0 Å². The summed E-state index contributed by atoms with van der Waals surface area (Å²) in [4.78, 5) is 8.22. The summed E-state index contributed by atoms with van der Waals surface area (Å²) >= 11 is 0. The first-order valence-corrected chi connectivity index (χ1v) is 3.41. The van der Waals surface area contributed by atoms with Crippen LogP contribution in [0.3, 0.4) is 0 Å².